The Labute approximate surface area is 151 Å². The van der Waals surface area contributed by atoms with Crippen molar-refractivity contribution in [2.24, 2.45) is 0 Å². The summed E-state index contributed by atoms with van der Waals surface area (Å²) in [5.41, 5.74) is 1.00. The molecule has 5 heteroatoms. The van der Waals surface area contributed by atoms with E-state index in [2.05, 4.69) is 10.1 Å². The Balaban J connectivity index is 1.64. The van der Waals surface area contributed by atoms with Gasteiger partial charge >= 0.3 is 5.97 Å². The number of methoxy groups -OCH3 is 1. The maximum Gasteiger partial charge on any atom is 0.337 e. The molecule has 0 unspecified atom stereocenters. The summed E-state index contributed by atoms with van der Waals surface area (Å²) in [5.74, 6) is -0.0627. The van der Waals surface area contributed by atoms with Gasteiger partial charge in [-0.1, -0.05) is 30.3 Å². The van der Waals surface area contributed by atoms with Crippen molar-refractivity contribution in [1.82, 2.24) is 0 Å². The van der Waals surface area contributed by atoms with Gasteiger partial charge in [-0.05, 0) is 54.1 Å². The first-order valence-electron chi connectivity index (χ1n) is 8.21. The summed E-state index contributed by atoms with van der Waals surface area (Å²) in [6.45, 7) is 1.69. The molecule has 5 nitrogen and oxygen atoms in total. The van der Waals surface area contributed by atoms with Crippen molar-refractivity contribution >= 4 is 28.3 Å². The van der Waals surface area contributed by atoms with Crippen LogP contribution in [0.2, 0.25) is 0 Å². The van der Waals surface area contributed by atoms with E-state index in [1.807, 2.05) is 42.5 Å². The number of anilines is 1. The van der Waals surface area contributed by atoms with E-state index >= 15 is 0 Å². The van der Waals surface area contributed by atoms with Crippen LogP contribution >= 0.6 is 0 Å². The molecule has 3 aromatic carbocycles. The molecular weight excluding hydrogens is 330 g/mol. The number of esters is 1. The van der Waals surface area contributed by atoms with Gasteiger partial charge in [-0.3, -0.25) is 4.79 Å². The highest BCUT2D eigenvalue weighted by Crippen LogP contribution is 2.21. The van der Waals surface area contributed by atoms with Crippen LogP contribution in [0.15, 0.2) is 66.7 Å². The van der Waals surface area contributed by atoms with Gasteiger partial charge < -0.3 is 14.8 Å². The third-order valence-electron chi connectivity index (χ3n) is 3.98. The number of carbonyl (C=O) groups excluding carboxylic acids is 2. The average molecular weight is 349 g/mol. The molecule has 0 heterocycles. The lowest BCUT2D eigenvalue weighted by Crippen LogP contribution is -2.30. The van der Waals surface area contributed by atoms with Crippen LogP contribution in [-0.4, -0.2) is 25.1 Å². The standard InChI is InChI=1S/C21H19NO4/c1-14(26-19-12-9-15-5-3-4-6-17(15)13-19)20(23)22-18-10-7-16(8-11-18)21(24)25-2/h3-14H,1-2H3,(H,22,23)/t14-/m1/s1. The van der Waals surface area contributed by atoms with Gasteiger partial charge in [-0.25, -0.2) is 4.79 Å². The summed E-state index contributed by atoms with van der Waals surface area (Å²) in [5, 5.41) is 4.93. The van der Waals surface area contributed by atoms with Crippen molar-refractivity contribution in [3.8, 4) is 5.75 Å². The first-order valence-corrected chi connectivity index (χ1v) is 8.21. The van der Waals surface area contributed by atoms with Crippen LogP contribution in [0.3, 0.4) is 0 Å². The quantitative estimate of drug-likeness (QED) is 0.706. The predicted octanol–water partition coefficient (Wildman–Crippen LogP) is 4.03. The molecule has 26 heavy (non-hydrogen) atoms. The van der Waals surface area contributed by atoms with Crippen LogP contribution in [0, 0.1) is 0 Å². The highest BCUT2D eigenvalue weighted by molar-refractivity contribution is 5.95. The zero-order valence-electron chi connectivity index (χ0n) is 14.6. The molecule has 0 aliphatic carbocycles. The number of hydrogen-bond donors (Lipinski definition) is 1. The predicted molar refractivity (Wildman–Crippen MR) is 100 cm³/mol. The van der Waals surface area contributed by atoms with Gasteiger partial charge in [0.1, 0.15) is 5.75 Å². The number of nitrogens with one attached hydrogen (secondary N) is 1. The van der Waals surface area contributed by atoms with Crippen molar-refractivity contribution in [2.75, 3.05) is 12.4 Å². The van der Waals surface area contributed by atoms with Crippen molar-refractivity contribution in [3.63, 3.8) is 0 Å². The smallest absolute Gasteiger partial charge is 0.337 e. The zero-order chi connectivity index (χ0) is 18.5. The molecule has 0 radical (unpaired) electrons. The first kappa shape index (κ1) is 17.5. The molecule has 0 bridgehead atoms. The Morgan fingerprint density at radius 1 is 0.923 bits per heavy atom. The van der Waals surface area contributed by atoms with Crippen LogP contribution in [-0.2, 0) is 9.53 Å². The normalized spacial score (nSPS) is 11.6. The van der Waals surface area contributed by atoms with E-state index in [0.29, 0.717) is 17.0 Å². The summed E-state index contributed by atoms with van der Waals surface area (Å²) in [6.07, 6.45) is -0.670. The molecule has 0 aliphatic heterocycles. The molecule has 0 aromatic heterocycles. The largest absolute Gasteiger partial charge is 0.481 e. The van der Waals surface area contributed by atoms with Gasteiger partial charge in [0.2, 0.25) is 0 Å². The highest BCUT2D eigenvalue weighted by Gasteiger charge is 2.15. The second kappa shape index (κ2) is 7.70. The molecular formula is C21H19NO4. The Morgan fingerprint density at radius 2 is 1.62 bits per heavy atom. The third kappa shape index (κ3) is 4.00. The number of benzene rings is 3. The van der Waals surface area contributed by atoms with Crippen LogP contribution in [0.1, 0.15) is 17.3 Å². The van der Waals surface area contributed by atoms with E-state index < -0.39 is 12.1 Å². The van der Waals surface area contributed by atoms with Gasteiger partial charge in [0, 0.05) is 5.69 Å². The number of hydrogen-bond acceptors (Lipinski definition) is 4. The molecule has 1 N–H and O–H groups in total. The lowest BCUT2D eigenvalue weighted by atomic mass is 10.1. The molecule has 0 saturated heterocycles. The number of rotatable bonds is 5. The van der Waals surface area contributed by atoms with E-state index in [0.717, 1.165) is 10.8 Å². The fourth-order valence-electron chi connectivity index (χ4n) is 2.55. The van der Waals surface area contributed by atoms with Crippen molar-refractivity contribution < 1.29 is 19.1 Å². The fraction of sp³-hybridized carbons (Fsp3) is 0.143. The molecule has 0 spiro atoms. The van der Waals surface area contributed by atoms with Gasteiger partial charge in [0.05, 0.1) is 12.7 Å². The lowest BCUT2D eigenvalue weighted by molar-refractivity contribution is -0.122. The molecule has 132 valence electrons. The minimum atomic E-state index is -0.670. The molecule has 0 aliphatic rings. The second-order valence-corrected chi connectivity index (χ2v) is 5.83. The summed E-state index contributed by atoms with van der Waals surface area (Å²) >= 11 is 0. The summed E-state index contributed by atoms with van der Waals surface area (Å²) in [4.78, 5) is 23.7. The van der Waals surface area contributed by atoms with Crippen molar-refractivity contribution in [2.45, 2.75) is 13.0 Å². The van der Waals surface area contributed by atoms with Crippen LogP contribution in [0.5, 0.6) is 5.75 Å². The van der Waals surface area contributed by atoms with Gasteiger partial charge in [0.25, 0.3) is 5.91 Å². The molecule has 0 saturated carbocycles. The SMILES string of the molecule is COC(=O)c1ccc(NC(=O)[C@@H](C)Oc2ccc3ccccc3c2)cc1. The molecule has 1 amide bonds. The maximum absolute atomic E-state index is 12.3. The minimum Gasteiger partial charge on any atom is -0.481 e. The van der Waals surface area contributed by atoms with E-state index in [1.54, 1.807) is 31.2 Å². The van der Waals surface area contributed by atoms with Crippen LogP contribution in [0.25, 0.3) is 10.8 Å². The van der Waals surface area contributed by atoms with Crippen molar-refractivity contribution in [1.29, 1.82) is 0 Å². The Kier molecular flexibility index (Phi) is 5.17. The molecule has 0 fully saturated rings. The van der Waals surface area contributed by atoms with E-state index in [4.69, 9.17) is 4.74 Å². The van der Waals surface area contributed by atoms with Crippen LogP contribution < -0.4 is 10.1 Å². The zero-order valence-corrected chi connectivity index (χ0v) is 14.6. The minimum absolute atomic E-state index is 0.274. The topological polar surface area (TPSA) is 64.6 Å². The molecule has 3 rings (SSSR count). The summed E-state index contributed by atoms with van der Waals surface area (Å²) < 4.78 is 10.4. The molecule has 1 atom stereocenters. The summed E-state index contributed by atoms with van der Waals surface area (Å²) in [7, 11) is 1.32. The summed E-state index contributed by atoms with van der Waals surface area (Å²) in [6, 6.07) is 20.1. The Bertz CT molecular complexity index is 934. The van der Waals surface area contributed by atoms with Gasteiger partial charge in [-0.15, -0.1) is 0 Å². The van der Waals surface area contributed by atoms with E-state index in [9.17, 15) is 9.59 Å². The van der Waals surface area contributed by atoms with Gasteiger partial charge in [0.15, 0.2) is 6.10 Å². The number of amides is 1. The van der Waals surface area contributed by atoms with E-state index in [-0.39, 0.29) is 5.91 Å². The number of ether oxygens (including phenoxy) is 2. The monoisotopic (exact) mass is 349 g/mol. The maximum atomic E-state index is 12.3. The second-order valence-electron chi connectivity index (χ2n) is 5.83. The Morgan fingerprint density at radius 3 is 2.31 bits per heavy atom. The highest BCUT2D eigenvalue weighted by atomic mass is 16.5. The Hall–Kier alpha value is -3.34. The first-order chi connectivity index (χ1) is 12.6. The lowest BCUT2D eigenvalue weighted by Gasteiger charge is -2.15. The van der Waals surface area contributed by atoms with Crippen LogP contribution in [0.4, 0.5) is 5.69 Å². The molecule has 3 aromatic rings. The number of carbonyl (C=O) groups is 2. The number of fused-ring (bicyclic) bond motifs is 1. The third-order valence-corrected chi connectivity index (χ3v) is 3.98. The van der Waals surface area contributed by atoms with Crippen molar-refractivity contribution in [3.05, 3.63) is 72.3 Å². The van der Waals surface area contributed by atoms with Gasteiger partial charge in [-0.2, -0.15) is 0 Å². The van der Waals surface area contributed by atoms with E-state index in [1.165, 1.54) is 7.11 Å². The fourth-order valence-corrected chi connectivity index (χ4v) is 2.55. The average Bonchev–Trinajstić information content (AvgIpc) is 2.67.